The van der Waals surface area contributed by atoms with E-state index >= 15 is 0 Å². The molecule has 2 aliphatic heterocycles. The first-order chi connectivity index (χ1) is 14.6. The topological polar surface area (TPSA) is 52.0 Å². The SMILES string of the molecule is CCn1cc(C)c2c1C=CCN(CCCN1CCN(c3ccc(O)cc3)CC1)C2=O. The maximum absolute atomic E-state index is 13.1. The van der Waals surface area contributed by atoms with Gasteiger partial charge in [-0.1, -0.05) is 6.08 Å². The third-order valence-corrected chi connectivity index (χ3v) is 6.24. The van der Waals surface area contributed by atoms with Crippen LogP contribution in [-0.4, -0.2) is 71.2 Å². The molecule has 4 rings (SSSR count). The van der Waals surface area contributed by atoms with Crippen LogP contribution in [0.15, 0.2) is 36.5 Å². The molecule has 1 N–H and O–H groups in total. The summed E-state index contributed by atoms with van der Waals surface area (Å²) in [5.41, 5.74) is 4.15. The number of phenolic OH excluding ortho intramolecular Hbond substituents is 1. The molecule has 6 nitrogen and oxygen atoms in total. The molecule has 1 fully saturated rings. The minimum Gasteiger partial charge on any atom is -0.508 e. The predicted molar refractivity (Wildman–Crippen MR) is 121 cm³/mol. The van der Waals surface area contributed by atoms with Gasteiger partial charge in [-0.15, -0.1) is 0 Å². The maximum atomic E-state index is 13.1. The molecule has 1 aromatic heterocycles. The number of aromatic nitrogens is 1. The van der Waals surface area contributed by atoms with Crippen LogP contribution in [0, 0.1) is 6.92 Å². The van der Waals surface area contributed by atoms with Gasteiger partial charge in [0.1, 0.15) is 5.75 Å². The van der Waals surface area contributed by atoms with E-state index in [9.17, 15) is 9.90 Å². The van der Waals surface area contributed by atoms with Crippen LogP contribution in [0.3, 0.4) is 0 Å². The molecular formula is C24H32N4O2. The van der Waals surface area contributed by atoms with Crippen LogP contribution in [0.4, 0.5) is 5.69 Å². The molecule has 1 saturated heterocycles. The van der Waals surface area contributed by atoms with E-state index in [1.165, 1.54) is 5.69 Å². The zero-order chi connectivity index (χ0) is 21.1. The predicted octanol–water partition coefficient (Wildman–Crippen LogP) is 3.20. The van der Waals surface area contributed by atoms with Crippen molar-refractivity contribution in [3.8, 4) is 5.75 Å². The Hall–Kier alpha value is -2.73. The van der Waals surface area contributed by atoms with Crippen molar-refractivity contribution < 1.29 is 9.90 Å². The molecule has 160 valence electrons. The molecule has 1 aromatic carbocycles. The van der Waals surface area contributed by atoms with Crippen molar-refractivity contribution in [2.75, 3.05) is 50.7 Å². The molecule has 0 spiro atoms. The van der Waals surface area contributed by atoms with Crippen LogP contribution in [-0.2, 0) is 6.54 Å². The van der Waals surface area contributed by atoms with Gasteiger partial charge in [0.2, 0.25) is 0 Å². The first-order valence-corrected chi connectivity index (χ1v) is 11.0. The third kappa shape index (κ3) is 4.24. The van der Waals surface area contributed by atoms with E-state index in [4.69, 9.17) is 0 Å². The van der Waals surface area contributed by atoms with Crippen LogP contribution in [0.2, 0.25) is 0 Å². The van der Waals surface area contributed by atoms with Crippen molar-refractivity contribution in [2.24, 2.45) is 0 Å². The summed E-state index contributed by atoms with van der Waals surface area (Å²) in [6, 6.07) is 7.45. The summed E-state index contributed by atoms with van der Waals surface area (Å²) in [6.07, 6.45) is 7.30. The zero-order valence-electron chi connectivity index (χ0n) is 18.0. The lowest BCUT2D eigenvalue weighted by Crippen LogP contribution is -2.47. The van der Waals surface area contributed by atoms with Gasteiger partial charge in [-0.05, 0) is 62.7 Å². The van der Waals surface area contributed by atoms with Gasteiger partial charge < -0.3 is 19.5 Å². The van der Waals surface area contributed by atoms with Crippen molar-refractivity contribution in [1.29, 1.82) is 0 Å². The summed E-state index contributed by atoms with van der Waals surface area (Å²) in [7, 11) is 0. The summed E-state index contributed by atoms with van der Waals surface area (Å²) in [5, 5.41) is 9.46. The molecule has 0 unspecified atom stereocenters. The Morgan fingerprint density at radius 1 is 1.03 bits per heavy atom. The van der Waals surface area contributed by atoms with Gasteiger partial charge in [-0.3, -0.25) is 9.69 Å². The Balaban J connectivity index is 1.28. The number of phenols is 1. The van der Waals surface area contributed by atoms with Crippen LogP contribution in [0.25, 0.3) is 6.08 Å². The molecule has 6 heteroatoms. The van der Waals surface area contributed by atoms with Crippen molar-refractivity contribution in [3.63, 3.8) is 0 Å². The standard InChI is InChI=1S/C24H32N4O2/c1-3-26-18-19(2)23-22(26)6-4-12-28(24(23)30)13-5-11-25-14-16-27(17-15-25)20-7-9-21(29)10-8-20/h4,6-10,18,29H,3,5,11-17H2,1-2H3. The number of carbonyl (C=O) groups excluding carboxylic acids is 1. The lowest BCUT2D eigenvalue weighted by molar-refractivity contribution is 0.0767. The Morgan fingerprint density at radius 3 is 2.47 bits per heavy atom. The van der Waals surface area contributed by atoms with E-state index in [2.05, 4.69) is 39.6 Å². The van der Waals surface area contributed by atoms with Crippen molar-refractivity contribution in [3.05, 3.63) is 53.4 Å². The van der Waals surface area contributed by atoms with Gasteiger partial charge in [0.15, 0.2) is 0 Å². The lowest BCUT2D eigenvalue weighted by atomic mass is 10.1. The van der Waals surface area contributed by atoms with E-state index in [-0.39, 0.29) is 5.91 Å². The normalized spacial score (nSPS) is 17.3. The van der Waals surface area contributed by atoms with Gasteiger partial charge in [0, 0.05) is 57.7 Å². The van der Waals surface area contributed by atoms with E-state index in [0.717, 1.165) is 69.1 Å². The Labute approximate surface area is 179 Å². The number of carbonyl (C=O) groups is 1. The maximum Gasteiger partial charge on any atom is 0.256 e. The highest BCUT2D eigenvalue weighted by atomic mass is 16.3. The van der Waals surface area contributed by atoms with Crippen LogP contribution in [0.1, 0.15) is 35.0 Å². The largest absolute Gasteiger partial charge is 0.508 e. The third-order valence-electron chi connectivity index (χ3n) is 6.24. The van der Waals surface area contributed by atoms with Crippen molar-refractivity contribution in [1.82, 2.24) is 14.4 Å². The Kier molecular flexibility index (Phi) is 6.13. The average Bonchev–Trinajstić information content (AvgIpc) is 2.98. The highest BCUT2D eigenvalue weighted by Crippen LogP contribution is 2.24. The Bertz CT molecular complexity index is 908. The van der Waals surface area contributed by atoms with E-state index < -0.39 is 0 Å². The molecule has 0 radical (unpaired) electrons. The number of hydrogen-bond acceptors (Lipinski definition) is 4. The molecule has 0 aliphatic carbocycles. The van der Waals surface area contributed by atoms with Crippen molar-refractivity contribution >= 4 is 17.7 Å². The Morgan fingerprint density at radius 2 is 1.77 bits per heavy atom. The minimum atomic E-state index is 0.164. The quantitative estimate of drug-likeness (QED) is 0.798. The fourth-order valence-electron chi connectivity index (χ4n) is 4.54. The number of nitrogens with zero attached hydrogens (tertiary/aromatic N) is 4. The highest BCUT2D eigenvalue weighted by Gasteiger charge is 2.25. The number of piperazine rings is 1. The fraction of sp³-hybridized carbons (Fsp3) is 0.458. The van der Waals surface area contributed by atoms with Gasteiger partial charge >= 0.3 is 0 Å². The second-order valence-electron chi connectivity index (χ2n) is 8.21. The number of benzene rings is 1. The zero-order valence-corrected chi connectivity index (χ0v) is 18.0. The first kappa shape index (κ1) is 20.5. The molecule has 30 heavy (non-hydrogen) atoms. The van der Waals surface area contributed by atoms with Gasteiger partial charge in [0.05, 0.1) is 11.3 Å². The molecule has 3 heterocycles. The number of hydrogen-bond donors (Lipinski definition) is 1. The number of anilines is 1. The smallest absolute Gasteiger partial charge is 0.256 e. The number of aryl methyl sites for hydroxylation is 2. The highest BCUT2D eigenvalue weighted by molar-refractivity contribution is 5.99. The monoisotopic (exact) mass is 408 g/mol. The summed E-state index contributed by atoms with van der Waals surface area (Å²) < 4.78 is 2.16. The second kappa shape index (κ2) is 8.96. The van der Waals surface area contributed by atoms with Crippen LogP contribution in [0.5, 0.6) is 5.75 Å². The van der Waals surface area contributed by atoms with Gasteiger partial charge in [-0.2, -0.15) is 0 Å². The summed E-state index contributed by atoms with van der Waals surface area (Å²) in [5.74, 6) is 0.473. The molecular weight excluding hydrogens is 376 g/mol. The summed E-state index contributed by atoms with van der Waals surface area (Å²) >= 11 is 0. The first-order valence-electron chi connectivity index (χ1n) is 11.0. The minimum absolute atomic E-state index is 0.164. The lowest BCUT2D eigenvalue weighted by Gasteiger charge is -2.36. The molecule has 0 atom stereocenters. The molecule has 0 bridgehead atoms. The molecule has 2 aromatic rings. The van der Waals surface area contributed by atoms with E-state index in [1.54, 1.807) is 12.1 Å². The molecule has 2 aliphatic rings. The number of amides is 1. The van der Waals surface area contributed by atoms with Gasteiger partial charge in [0.25, 0.3) is 5.91 Å². The van der Waals surface area contributed by atoms with Gasteiger partial charge in [-0.25, -0.2) is 0 Å². The summed E-state index contributed by atoms with van der Waals surface area (Å²) in [6.45, 7) is 11.5. The van der Waals surface area contributed by atoms with Crippen LogP contribution < -0.4 is 4.90 Å². The van der Waals surface area contributed by atoms with E-state index in [1.807, 2.05) is 24.0 Å². The fourth-order valence-corrected chi connectivity index (χ4v) is 4.54. The molecule has 0 saturated carbocycles. The molecule has 1 amide bonds. The second-order valence-corrected chi connectivity index (χ2v) is 8.21. The van der Waals surface area contributed by atoms with E-state index in [0.29, 0.717) is 12.3 Å². The van der Waals surface area contributed by atoms with Crippen molar-refractivity contribution in [2.45, 2.75) is 26.8 Å². The average molecular weight is 409 g/mol. The number of fused-ring (bicyclic) bond motifs is 1. The van der Waals surface area contributed by atoms with Crippen LogP contribution >= 0.6 is 0 Å². The number of rotatable bonds is 6. The number of aromatic hydroxyl groups is 1. The summed E-state index contributed by atoms with van der Waals surface area (Å²) in [4.78, 5) is 20.0.